The molecule has 2 rings (SSSR count). The van der Waals surface area contributed by atoms with Crippen molar-refractivity contribution in [3.05, 3.63) is 34.4 Å². The molecule has 0 aliphatic carbocycles. The Morgan fingerprint density at radius 2 is 2.15 bits per heavy atom. The van der Waals surface area contributed by atoms with E-state index < -0.39 is 26.2 Å². The molecule has 1 fully saturated rings. The predicted octanol–water partition coefficient (Wildman–Crippen LogP) is 1.51. The van der Waals surface area contributed by atoms with Gasteiger partial charge in [-0.3, -0.25) is 14.9 Å². The molecule has 0 saturated carbocycles. The zero-order chi connectivity index (χ0) is 14.9. The highest BCUT2D eigenvalue weighted by atomic mass is 35.5. The number of rotatable bonds is 4. The second-order valence-electron chi connectivity index (χ2n) is 4.33. The van der Waals surface area contributed by atoms with E-state index in [4.69, 9.17) is 11.6 Å². The lowest BCUT2D eigenvalue weighted by molar-refractivity contribution is -0.385. The molecule has 1 aromatic carbocycles. The summed E-state index contributed by atoms with van der Waals surface area (Å²) in [5.74, 6) is 0. The average molecular weight is 319 g/mol. The van der Waals surface area contributed by atoms with Crippen LogP contribution >= 0.6 is 11.6 Å². The predicted molar refractivity (Wildman–Crippen MR) is 70.9 cm³/mol. The van der Waals surface area contributed by atoms with Crippen LogP contribution in [0, 0.1) is 10.1 Å². The summed E-state index contributed by atoms with van der Waals surface area (Å²) >= 11 is 5.40. The van der Waals surface area contributed by atoms with Gasteiger partial charge in [-0.15, -0.1) is 0 Å². The van der Waals surface area contributed by atoms with Crippen LogP contribution in [-0.2, 0) is 14.8 Å². The lowest BCUT2D eigenvalue weighted by Crippen LogP contribution is -2.38. The Kier molecular flexibility index (Phi) is 4.07. The lowest BCUT2D eigenvalue weighted by Gasteiger charge is -2.21. The second kappa shape index (κ2) is 5.47. The van der Waals surface area contributed by atoms with E-state index in [9.17, 15) is 23.3 Å². The number of nitrogens with zero attached hydrogens (tertiary/aromatic N) is 2. The van der Waals surface area contributed by atoms with Gasteiger partial charge in [0.1, 0.15) is 0 Å². The summed E-state index contributed by atoms with van der Waals surface area (Å²) in [7, 11) is -3.97. The molecule has 1 aromatic rings. The zero-order valence-electron chi connectivity index (χ0n) is 10.2. The number of sulfonamides is 1. The van der Waals surface area contributed by atoms with Gasteiger partial charge >= 0.3 is 0 Å². The summed E-state index contributed by atoms with van der Waals surface area (Å²) in [5, 5.41) is 9.96. The van der Waals surface area contributed by atoms with Gasteiger partial charge in [0, 0.05) is 18.7 Å². The summed E-state index contributed by atoms with van der Waals surface area (Å²) in [4.78, 5) is 21.1. The molecule has 1 aliphatic rings. The van der Waals surface area contributed by atoms with Crippen LogP contribution in [0.2, 0.25) is 0 Å². The molecule has 7 nitrogen and oxygen atoms in total. The van der Waals surface area contributed by atoms with Gasteiger partial charge in [0.15, 0.2) is 0 Å². The Balaban J connectivity index is 2.42. The molecule has 0 amide bonds. The highest BCUT2D eigenvalue weighted by Gasteiger charge is 2.39. The summed E-state index contributed by atoms with van der Waals surface area (Å²) in [6, 6.07) is 3.83. The van der Waals surface area contributed by atoms with Crippen molar-refractivity contribution in [3.63, 3.8) is 0 Å². The first-order chi connectivity index (χ1) is 9.34. The first-order valence-electron chi connectivity index (χ1n) is 5.79. The molecular weight excluding hydrogens is 308 g/mol. The molecule has 1 saturated heterocycles. The number of non-ortho nitro benzene ring substituents is 1. The van der Waals surface area contributed by atoms with Crippen LogP contribution in [0.25, 0.3) is 0 Å². The number of carbonyl (C=O) groups excluding carboxylic acids is 1. The Morgan fingerprint density at radius 3 is 2.75 bits per heavy atom. The van der Waals surface area contributed by atoms with Crippen molar-refractivity contribution in [2.45, 2.75) is 23.8 Å². The van der Waals surface area contributed by atoms with E-state index in [0.717, 1.165) is 10.4 Å². The van der Waals surface area contributed by atoms with Crippen LogP contribution in [-0.4, -0.2) is 35.5 Å². The Hall–Kier alpha value is -1.51. The summed E-state index contributed by atoms with van der Waals surface area (Å²) in [5.41, 5.74) is -0.320. The highest BCUT2D eigenvalue weighted by Crippen LogP contribution is 2.28. The summed E-state index contributed by atoms with van der Waals surface area (Å²) in [6.45, 7) is 0.175. The fourth-order valence-electron chi connectivity index (χ4n) is 2.15. The molecule has 1 heterocycles. The fraction of sp³-hybridized carbons (Fsp3) is 0.364. The number of nitro benzene ring substituents is 1. The smallest absolute Gasteiger partial charge is 0.270 e. The normalized spacial score (nSPS) is 19.9. The van der Waals surface area contributed by atoms with Crippen LogP contribution in [0.15, 0.2) is 29.2 Å². The van der Waals surface area contributed by atoms with Crippen molar-refractivity contribution in [1.82, 2.24) is 4.31 Å². The van der Waals surface area contributed by atoms with Gasteiger partial charge in [0.05, 0.1) is 15.9 Å². The van der Waals surface area contributed by atoms with E-state index in [1.807, 2.05) is 0 Å². The SMILES string of the molecule is O=C(Cl)C1CCCN1S(=O)(=O)c1cccc([N+](=O)[O-])c1. The van der Waals surface area contributed by atoms with Crippen molar-refractivity contribution in [3.8, 4) is 0 Å². The third kappa shape index (κ3) is 2.67. The second-order valence-corrected chi connectivity index (χ2v) is 6.60. The van der Waals surface area contributed by atoms with E-state index in [2.05, 4.69) is 0 Å². The zero-order valence-corrected chi connectivity index (χ0v) is 11.8. The van der Waals surface area contributed by atoms with Gasteiger partial charge in [-0.1, -0.05) is 6.07 Å². The number of benzene rings is 1. The maximum atomic E-state index is 12.4. The number of hydrogen-bond acceptors (Lipinski definition) is 5. The van der Waals surface area contributed by atoms with E-state index >= 15 is 0 Å². The number of halogens is 1. The summed E-state index contributed by atoms with van der Waals surface area (Å²) < 4.78 is 25.8. The number of hydrogen-bond donors (Lipinski definition) is 0. The van der Waals surface area contributed by atoms with Crippen LogP contribution < -0.4 is 0 Å². The van der Waals surface area contributed by atoms with Crippen molar-refractivity contribution >= 4 is 32.6 Å². The largest absolute Gasteiger partial charge is 0.279 e. The van der Waals surface area contributed by atoms with Crippen molar-refractivity contribution in [2.75, 3.05) is 6.54 Å². The van der Waals surface area contributed by atoms with Crippen LogP contribution in [0.1, 0.15) is 12.8 Å². The molecule has 0 N–H and O–H groups in total. The highest BCUT2D eigenvalue weighted by molar-refractivity contribution is 7.89. The Labute approximate surface area is 120 Å². The molecule has 0 radical (unpaired) electrons. The maximum absolute atomic E-state index is 12.4. The van der Waals surface area contributed by atoms with Gasteiger partial charge in [0.25, 0.3) is 5.69 Å². The maximum Gasteiger partial charge on any atom is 0.270 e. The monoisotopic (exact) mass is 318 g/mol. The molecule has 0 bridgehead atoms. The van der Waals surface area contributed by atoms with Crippen LogP contribution in [0.5, 0.6) is 0 Å². The van der Waals surface area contributed by atoms with Crippen molar-refractivity contribution in [1.29, 1.82) is 0 Å². The average Bonchev–Trinajstić information content (AvgIpc) is 2.89. The van der Waals surface area contributed by atoms with Gasteiger partial charge in [-0.2, -0.15) is 4.31 Å². The third-order valence-corrected chi connectivity index (χ3v) is 5.26. The fourth-order valence-corrected chi connectivity index (χ4v) is 4.13. The van der Waals surface area contributed by atoms with Crippen LogP contribution in [0.3, 0.4) is 0 Å². The molecule has 9 heteroatoms. The first-order valence-corrected chi connectivity index (χ1v) is 7.61. The van der Waals surface area contributed by atoms with E-state index in [1.54, 1.807) is 0 Å². The van der Waals surface area contributed by atoms with E-state index in [1.165, 1.54) is 18.2 Å². The molecule has 1 aliphatic heterocycles. The molecule has 0 aromatic heterocycles. The molecule has 1 atom stereocenters. The molecule has 108 valence electrons. The van der Waals surface area contributed by atoms with Crippen molar-refractivity contribution in [2.24, 2.45) is 0 Å². The summed E-state index contributed by atoms with van der Waals surface area (Å²) in [6.07, 6.45) is 0.883. The Bertz CT molecular complexity index is 661. The quantitative estimate of drug-likeness (QED) is 0.476. The third-order valence-electron chi connectivity index (χ3n) is 3.10. The molecular formula is C11H11ClN2O5S. The van der Waals surface area contributed by atoms with Gasteiger partial charge < -0.3 is 0 Å². The molecule has 0 spiro atoms. The van der Waals surface area contributed by atoms with Gasteiger partial charge in [-0.25, -0.2) is 8.42 Å². The lowest BCUT2D eigenvalue weighted by atomic mass is 10.2. The first kappa shape index (κ1) is 14.9. The van der Waals surface area contributed by atoms with Gasteiger partial charge in [-0.05, 0) is 30.5 Å². The Morgan fingerprint density at radius 1 is 1.45 bits per heavy atom. The molecule has 20 heavy (non-hydrogen) atoms. The minimum absolute atomic E-state index is 0.175. The van der Waals surface area contributed by atoms with E-state index in [-0.39, 0.29) is 17.1 Å². The van der Waals surface area contributed by atoms with Crippen molar-refractivity contribution < 1.29 is 18.1 Å². The minimum Gasteiger partial charge on any atom is -0.279 e. The number of carbonyl (C=O) groups is 1. The minimum atomic E-state index is -3.97. The topological polar surface area (TPSA) is 97.6 Å². The number of nitro groups is 1. The van der Waals surface area contributed by atoms with Gasteiger partial charge in [0.2, 0.25) is 15.3 Å². The standard InChI is InChI=1S/C11H11ClN2O5S/c12-11(15)10-5-2-6-13(10)20(18,19)9-4-1-3-8(7-9)14(16)17/h1,3-4,7,10H,2,5-6H2. The molecule has 1 unspecified atom stereocenters. The van der Waals surface area contributed by atoms with E-state index in [0.29, 0.717) is 12.8 Å². The van der Waals surface area contributed by atoms with Crippen LogP contribution in [0.4, 0.5) is 5.69 Å².